The molecule has 100 valence electrons. The lowest BCUT2D eigenvalue weighted by molar-refractivity contribution is -0.00295. The number of alkyl halides is 2. The summed E-state index contributed by atoms with van der Waals surface area (Å²) in [5.74, 6) is -0.152. The lowest BCUT2D eigenvalue weighted by atomic mass is 10.0. The highest BCUT2D eigenvalue weighted by molar-refractivity contribution is 5.18. The predicted octanol–water partition coefficient (Wildman–Crippen LogP) is 3.37. The number of fused-ring (bicyclic) bond motifs is 1. The Labute approximate surface area is 106 Å². The first-order valence-corrected chi connectivity index (χ1v) is 6.59. The van der Waals surface area contributed by atoms with E-state index in [2.05, 4.69) is 11.0 Å². The number of nitrogens with zero attached hydrogens (tertiary/aromatic N) is 1. The van der Waals surface area contributed by atoms with E-state index in [0.717, 1.165) is 36.7 Å². The van der Waals surface area contributed by atoms with Gasteiger partial charge in [0.1, 0.15) is 11.5 Å². The van der Waals surface area contributed by atoms with Gasteiger partial charge in [0, 0.05) is 25.9 Å². The third-order valence-electron chi connectivity index (χ3n) is 4.37. The minimum Gasteiger partial charge on any atom is -0.465 e. The molecule has 0 amide bonds. The summed E-state index contributed by atoms with van der Waals surface area (Å²) in [7, 11) is 0. The fourth-order valence-corrected chi connectivity index (χ4v) is 3.43. The molecule has 3 rings (SSSR count). The van der Waals surface area contributed by atoms with Crippen molar-refractivity contribution in [3.05, 3.63) is 23.2 Å². The molecular weight excluding hydrogens is 236 g/mol. The molecule has 2 fully saturated rings. The molecule has 4 heteroatoms. The fraction of sp³-hybridized carbons (Fsp3) is 0.714. The van der Waals surface area contributed by atoms with Gasteiger partial charge >= 0.3 is 0 Å². The van der Waals surface area contributed by atoms with Gasteiger partial charge in [0.05, 0.1) is 6.54 Å². The van der Waals surface area contributed by atoms with Gasteiger partial charge in [-0.1, -0.05) is 0 Å². The summed E-state index contributed by atoms with van der Waals surface area (Å²) in [6.07, 6.45) is 0.148. The van der Waals surface area contributed by atoms with Crippen LogP contribution in [-0.4, -0.2) is 23.9 Å². The summed E-state index contributed by atoms with van der Waals surface area (Å²) >= 11 is 0. The third-order valence-corrected chi connectivity index (χ3v) is 4.37. The Hall–Kier alpha value is -0.900. The monoisotopic (exact) mass is 255 g/mol. The number of hydrogen-bond donors (Lipinski definition) is 0. The molecule has 1 aromatic heterocycles. The van der Waals surface area contributed by atoms with Gasteiger partial charge in [0.25, 0.3) is 0 Å². The topological polar surface area (TPSA) is 16.4 Å². The molecular formula is C14H19F2NO. The summed E-state index contributed by atoms with van der Waals surface area (Å²) in [5, 5.41) is 0. The summed E-state index contributed by atoms with van der Waals surface area (Å²) < 4.78 is 32.1. The van der Waals surface area contributed by atoms with Gasteiger partial charge in [0.2, 0.25) is 5.92 Å². The van der Waals surface area contributed by atoms with Crippen molar-refractivity contribution >= 4 is 0 Å². The summed E-state index contributed by atoms with van der Waals surface area (Å²) in [6.45, 7) is 6.32. The fourth-order valence-electron chi connectivity index (χ4n) is 3.43. The van der Waals surface area contributed by atoms with Crippen LogP contribution >= 0.6 is 0 Å². The maximum absolute atomic E-state index is 13.2. The van der Waals surface area contributed by atoms with Crippen LogP contribution in [0.15, 0.2) is 10.5 Å². The van der Waals surface area contributed by atoms with Crippen LogP contribution in [0.2, 0.25) is 0 Å². The average Bonchev–Trinajstić information content (AvgIpc) is 2.79. The number of hydrogen-bond acceptors (Lipinski definition) is 2. The van der Waals surface area contributed by atoms with Crippen molar-refractivity contribution in [2.24, 2.45) is 11.8 Å². The minimum atomic E-state index is -2.42. The van der Waals surface area contributed by atoms with E-state index in [4.69, 9.17) is 4.42 Å². The Balaban J connectivity index is 1.61. The first-order valence-electron chi connectivity index (χ1n) is 6.59. The maximum Gasteiger partial charge on any atom is 0.248 e. The Kier molecular flexibility index (Phi) is 2.73. The zero-order valence-electron chi connectivity index (χ0n) is 10.9. The third kappa shape index (κ3) is 2.18. The minimum absolute atomic E-state index is 0.0738. The molecule has 2 nitrogen and oxygen atoms in total. The maximum atomic E-state index is 13.2. The SMILES string of the molecule is Cc1cc(CN2C[C@@H]3CC(F)(F)C[C@@H]3C2)oc1C. The molecule has 1 aliphatic carbocycles. The van der Waals surface area contributed by atoms with Crippen LogP contribution in [0.3, 0.4) is 0 Å². The second-order valence-corrected chi connectivity index (χ2v) is 5.93. The molecule has 1 saturated carbocycles. The van der Waals surface area contributed by atoms with Gasteiger partial charge in [-0.15, -0.1) is 0 Å². The largest absolute Gasteiger partial charge is 0.465 e. The van der Waals surface area contributed by atoms with E-state index in [1.807, 2.05) is 13.8 Å². The van der Waals surface area contributed by atoms with Crippen LogP contribution in [0.1, 0.15) is 29.9 Å². The number of rotatable bonds is 2. The van der Waals surface area contributed by atoms with Gasteiger partial charge in [-0.2, -0.15) is 0 Å². The molecule has 1 saturated heterocycles. The van der Waals surface area contributed by atoms with Gasteiger partial charge in [-0.25, -0.2) is 8.78 Å². The number of halogens is 2. The quantitative estimate of drug-likeness (QED) is 0.805. The Morgan fingerprint density at radius 1 is 1.28 bits per heavy atom. The summed E-state index contributed by atoms with van der Waals surface area (Å²) in [6, 6.07) is 2.05. The average molecular weight is 255 g/mol. The Bertz CT molecular complexity index is 419. The zero-order chi connectivity index (χ0) is 12.9. The van der Waals surface area contributed by atoms with E-state index in [0.29, 0.717) is 0 Å². The van der Waals surface area contributed by atoms with Crippen LogP contribution in [0.5, 0.6) is 0 Å². The highest BCUT2D eigenvalue weighted by Crippen LogP contribution is 2.46. The molecule has 1 aliphatic heterocycles. The molecule has 2 aliphatic rings. The number of aryl methyl sites for hydroxylation is 2. The van der Waals surface area contributed by atoms with Gasteiger partial charge in [-0.3, -0.25) is 4.90 Å². The van der Waals surface area contributed by atoms with E-state index in [1.165, 1.54) is 0 Å². The molecule has 0 spiro atoms. The molecule has 0 N–H and O–H groups in total. The van der Waals surface area contributed by atoms with Crippen molar-refractivity contribution in [2.45, 2.75) is 39.2 Å². The highest BCUT2D eigenvalue weighted by atomic mass is 19.3. The van der Waals surface area contributed by atoms with E-state index >= 15 is 0 Å². The van der Waals surface area contributed by atoms with Crippen LogP contribution < -0.4 is 0 Å². The molecule has 0 radical (unpaired) electrons. The van der Waals surface area contributed by atoms with Crippen molar-refractivity contribution in [1.82, 2.24) is 4.90 Å². The van der Waals surface area contributed by atoms with Crippen molar-refractivity contribution in [2.75, 3.05) is 13.1 Å². The van der Waals surface area contributed by atoms with Crippen LogP contribution in [-0.2, 0) is 6.54 Å². The standard InChI is InChI=1S/C14H19F2NO/c1-9-3-13(18-10(9)2)8-17-6-11-4-14(15,16)5-12(11)7-17/h3,11-12H,4-8H2,1-2H3/t11-,12+. The van der Waals surface area contributed by atoms with Crippen LogP contribution in [0.25, 0.3) is 0 Å². The summed E-state index contributed by atoms with van der Waals surface area (Å²) in [4.78, 5) is 2.25. The molecule has 2 heterocycles. The Morgan fingerprint density at radius 2 is 1.89 bits per heavy atom. The van der Waals surface area contributed by atoms with Crippen LogP contribution in [0, 0.1) is 25.7 Å². The van der Waals surface area contributed by atoms with Gasteiger partial charge < -0.3 is 4.42 Å². The normalized spacial score (nSPS) is 30.9. The van der Waals surface area contributed by atoms with Crippen molar-refractivity contribution in [3.63, 3.8) is 0 Å². The highest BCUT2D eigenvalue weighted by Gasteiger charge is 2.50. The van der Waals surface area contributed by atoms with E-state index in [1.54, 1.807) is 0 Å². The van der Waals surface area contributed by atoms with Crippen molar-refractivity contribution in [3.8, 4) is 0 Å². The van der Waals surface area contributed by atoms with Gasteiger partial charge in [0.15, 0.2) is 0 Å². The second-order valence-electron chi connectivity index (χ2n) is 5.93. The Morgan fingerprint density at radius 3 is 2.39 bits per heavy atom. The molecule has 0 aromatic carbocycles. The number of furan rings is 1. The van der Waals surface area contributed by atoms with E-state index in [-0.39, 0.29) is 24.7 Å². The molecule has 0 unspecified atom stereocenters. The van der Waals surface area contributed by atoms with E-state index < -0.39 is 5.92 Å². The zero-order valence-corrected chi connectivity index (χ0v) is 10.9. The second kappa shape index (κ2) is 4.05. The van der Waals surface area contributed by atoms with Crippen LogP contribution in [0.4, 0.5) is 8.78 Å². The van der Waals surface area contributed by atoms with E-state index in [9.17, 15) is 8.78 Å². The molecule has 2 atom stereocenters. The predicted molar refractivity (Wildman–Crippen MR) is 64.6 cm³/mol. The molecule has 18 heavy (non-hydrogen) atoms. The lowest BCUT2D eigenvalue weighted by Crippen LogP contribution is -2.24. The lowest BCUT2D eigenvalue weighted by Gasteiger charge is -2.17. The number of likely N-dealkylation sites (tertiary alicyclic amines) is 1. The first kappa shape index (κ1) is 12.2. The molecule has 1 aromatic rings. The smallest absolute Gasteiger partial charge is 0.248 e. The summed E-state index contributed by atoms with van der Waals surface area (Å²) in [5.41, 5.74) is 1.16. The first-order chi connectivity index (χ1) is 8.43. The van der Waals surface area contributed by atoms with Crippen molar-refractivity contribution < 1.29 is 13.2 Å². The van der Waals surface area contributed by atoms with Crippen molar-refractivity contribution in [1.29, 1.82) is 0 Å². The molecule has 0 bridgehead atoms. The van der Waals surface area contributed by atoms with Gasteiger partial charge in [-0.05, 0) is 37.3 Å².